The van der Waals surface area contributed by atoms with Crippen molar-refractivity contribution in [1.29, 1.82) is 0 Å². The van der Waals surface area contributed by atoms with Crippen LogP contribution in [0.1, 0.15) is 11.1 Å². The first-order valence-electron chi connectivity index (χ1n) is 9.99. The Bertz CT molecular complexity index is 1280. The maximum Gasteiger partial charge on any atom is 0.195 e. The normalized spacial score (nSPS) is 11.7. The lowest BCUT2D eigenvalue weighted by atomic mass is 9.98. The Morgan fingerprint density at radius 1 is 0.552 bits per heavy atom. The zero-order valence-corrected chi connectivity index (χ0v) is 17.5. The maximum atomic E-state index is 2.36. The van der Waals surface area contributed by atoms with Crippen molar-refractivity contribution in [2.75, 3.05) is 0 Å². The van der Waals surface area contributed by atoms with E-state index < -0.39 is 0 Å². The standard InChI is InChI=1S/C28H23S/c1-20-13-16-24(17-14-20)29-26-18-15-21(2)19-25(26)27(22-9-5-3-6-10-22)28(29)23-11-7-4-8-12-23/h3-19H,1-2H3/q+1. The van der Waals surface area contributed by atoms with Crippen LogP contribution in [0.5, 0.6) is 0 Å². The number of aryl methyl sites for hydroxylation is 2. The van der Waals surface area contributed by atoms with Crippen LogP contribution in [-0.4, -0.2) is 0 Å². The molecule has 0 N–H and O–H groups in total. The van der Waals surface area contributed by atoms with Gasteiger partial charge in [-0.25, -0.2) is 0 Å². The fraction of sp³-hybridized carbons (Fsp3) is 0.0714. The van der Waals surface area contributed by atoms with Gasteiger partial charge in [0.1, 0.15) is 0 Å². The van der Waals surface area contributed by atoms with Crippen molar-refractivity contribution < 1.29 is 0 Å². The number of hydrogen-bond acceptors (Lipinski definition) is 0. The van der Waals surface area contributed by atoms with Crippen LogP contribution in [0.3, 0.4) is 0 Å². The Morgan fingerprint density at radius 3 is 1.79 bits per heavy atom. The van der Waals surface area contributed by atoms with Crippen molar-refractivity contribution in [3.63, 3.8) is 0 Å². The lowest BCUT2D eigenvalue weighted by molar-refractivity contribution is 1.49. The predicted octanol–water partition coefficient (Wildman–Crippen LogP) is 8.53. The molecule has 29 heavy (non-hydrogen) atoms. The van der Waals surface area contributed by atoms with Crippen LogP contribution < -0.4 is 0 Å². The molecule has 4 aromatic carbocycles. The average Bonchev–Trinajstić information content (AvgIpc) is 3.10. The Labute approximate surface area is 175 Å². The molecule has 0 radical (unpaired) electrons. The van der Waals surface area contributed by atoms with E-state index in [4.69, 9.17) is 0 Å². The topological polar surface area (TPSA) is 0 Å². The minimum atomic E-state index is -0.122. The SMILES string of the molecule is Cc1ccc(-[s+]2c(-c3ccccc3)c(-c3ccccc3)c3cc(C)ccc32)cc1. The fourth-order valence-corrected chi connectivity index (χ4v) is 6.52. The lowest BCUT2D eigenvalue weighted by Crippen LogP contribution is -1.82. The minimum Gasteiger partial charge on any atom is -0.0622 e. The molecule has 0 fully saturated rings. The van der Waals surface area contributed by atoms with E-state index in [1.807, 2.05) is 0 Å². The molecule has 0 aliphatic carbocycles. The molecule has 1 unspecified atom stereocenters. The van der Waals surface area contributed by atoms with Gasteiger partial charge < -0.3 is 0 Å². The van der Waals surface area contributed by atoms with E-state index in [1.54, 1.807) is 0 Å². The van der Waals surface area contributed by atoms with Crippen LogP contribution in [0.15, 0.2) is 103 Å². The summed E-state index contributed by atoms with van der Waals surface area (Å²) in [6, 6.07) is 37.8. The van der Waals surface area contributed by atoms with E-state index in [0.717, 1.165) is 0 Å². The molecule has 1 heterocycles. The van der Waals surface area contributed by atoms with Crippen molar-refractivity contribution in [1.82, 2.24) is 0 Å². The summed E-state index contributed by atoms with van der Waals surface area (Å²) in [5, 5.41) is 1.37. The van der Waals surface area contributed by atoms with Gasteiger partial charge in [-0.1, -0.05) is 77.9 Å². The van der Waals surface area contributed by atoms with Gasteiger partial charge in [0.25, 0.3) is 0 Å². The first-order chi connectivity index (χ1) is 14.2. The van der Waals surface area contributed by atoms with Crippen molar-refractivity contribution in [2.24, 2.45) is 0 Å². The minimum absolute atomic E-state index is 0.122. The quantitative estimate of drug-likeness (QED) is 0.270. The molecule has 0 aliphatic rings. The zero-order valence-electron chi connectivity index (χ0n) is 16.7. The van der Waals surface area contributed by atoms with Gasteiger partial charge in [0.15, 0.2) is 14.5 Å². The highest BCUT2D eigenvalue weighted by Crippen LogP contribution is 2.55. The molecule has 1 atom stereocenters. The summed E-state index contributed by atoms with van der Waals surface area (Å²) in [4.78, 5) is 2.81. The molecule has 0 saturated heterocycles. The molecule has 1 heteroatoms. The first-order valence-corrected chi connectivity index (χ1v) is 11.2. The molecule has 0 spiro atoms. The Kier molecular flexibility index (Phi) is 4.54. The summed E-state index contributed by atoms with van der Waals surface area (Å²) in [6.07, 6.45) is 0. The highest BCUT2D eigenvalue weighted by atomic mass is 32.2. The highest BCUT2D eigenvalue weighted by molar-refractivity contribution is 7.48. The molecular weight excluding hydrogens is 368 g/mol. The lowest BCUT2D eigenvalue weighted by Gasteiger charge is -2.04. The van der Waals surface area contributed by atoms with Crippen molar-refractivity contribution in [2.45, 2.75) is 13.8 Å². The van der Waals surface area contributed by atoms with Crippen LogP contribution in [-0.2, 0) is 0 Å². The third-order valence-corrected chi connectivity index (χ3v) is 7.80. The van der Waals surface area contributed by atoms with Crippen LogP contribution in [0.4, 0.5) is 0 Å². The van der Waals surface area contributed by atoms with E-state index in [2.05, 4.69) is 117 Å². The second-order valence-corrected chi connectivity index (χ2v) is 9.49. The van der Waals surface area contributed by atoms with Gasteiger partial charge in [-0.3, -0.25) is 0 Å². The van der Waals surface area contributed by atoms with Gasteiger partial charge in [-0.2, -0.15) is 0 Å². The van der Waals surface area contributed by atoms with Crippen molar-refractivity contribution in [3.8, 4) is 26.5 Å². The smallest absolute Gasteiger partial charge is 0.0622 e. The van der Waals surface area contributed by atoms with Gasteiger partial charge in [0.05, 0.1) is 5.56 Å². The second-order valence-electron chi connectivity index (χ2n) is 7.56. The van der Waals surface area contributed by atoms with Gasteiger partial charge in [-0.05, 0) is 55.8 Å². The summed E-state index contributed by atoms with van der Waals surface area (Å²) < 4.78 is 1.43. The monoisotopic (exact) mass is 391 g/mol. The third kappa shape index (κ3) is 3.18. The number of fused-ring (bicyclic) bond motifs is 1. The van der Waals surface area contributed by atoms with E-state index in [-0.39, 0.29) is 10.5 Å². The molecule has 0 nitrogen and oxygen atoms in total. The van der Waals surface area contributed by atoms with Crippen LogP contribution >= 0.6 is 10.5 Å². The van der Waals surface area contributed by atoms with Crippen molar-refractivity contribution >= 4 is 20.6 Å². The maximum absolute atomic E-state index is 2.36. The van der Waals surface area contributed by atoms with Crippen LogP contribution in [0.25, 0.3) is 36.5 Å². The summed E-state index contributed by atoms with van der Waals surface area (Å²) in [5.74, 6) is 0. The fourth-order valence-electron chi connectivity index (χ4n) is 4.01. The predicted molar refractivity (Wildman–Crippen MR) is 128 cm³/mol. The number of benzene rings is 4. The van der Waals surface area contributed by atoms with Crippen LogP contribution in [0.2, 0.25) is 0 Å². The zero-order chi connectivity index (χ0) is 19.8. The molecule has 1 aromatic heterocycles. The summed E-state index contributed by atoms with van der Waals surface area (Å²) in [5.41, 5.74) is 6.58. The molecule has 0 aliphatic heterocycles. The Balaban J connectivity index is 1.96. The molecule has 5 rings (SSSR count). The molecule has 5 aromatic rings. The average molecular weight is 392 g/mol. The van der Waals surface area contributed by atoms with Gasteiger partial charge in [0, 0.05) is 21.4 Å². The summed E-state index contributed by atoms with van der Waals surface area (Å²) >= 11 is 0. The third-order valence-electron chi connectivity index (χ3n) is 5.41. The molecule has 0 saturated carbocycles. The number of thiophene rings is 1. The first kappa shape index (κ1) is 17.9. The van der Waals surface area contributed by atoms with E-state index in [9.17, 15) is 0 Å². The number of rotatable bonds is 3. The molecule has 0 amide bonds. The number of hydrogen-bond donors (Lipinski definition) is 0. The van der Waals surface area contributed by atoms with Gasteiger partial charge in [0.2, 0.25) is 0 Å². The van der Waals surface area contributed by atoms with Crippen LogP contribution in [0, 0.1) is 13.8 Å². The highest BCUT2D eigenvalue weighted by Gasteiger charge is 2.31. The molecule has 140 valence electrons. The second kappa shape index (κ2) is 7.35. The summed E-state index contributed by atoms with van der Waals surface area (Å²) in [7, 11) is -0.122. The van der Waals surface area contributed by atoms with Crippen molar-refractivity contribution in [3.05, 3.63) is 114 Å². The summed E-state index contributed by atoms with van der Waals surface area (Å²) in [6.45, 7) is 4.34. The molecular formula is C28H23S+. The van der Waals surface area contributed by atoms with E-state index in [0.29, 0.717) is 0 Å². The van der Waals surface area contributed by atoms with E-state index in [1.165, 1.54) is 47.7 Å². The molecule has 0 bridgehead atoms. The Hall–Kier alpha value is -3.16. The van der Waals surface area contributed by atoms with Gasteiger partial charge >= 0.3 is 0 Å². The Morgan fingerprint density at radius 2 is 1.14 bits per heavy atom. The van der Waals surface area contributed by atoms with Gasteiger partial charge in [-0.15, -0.1) is 0 Å². The van der Waals surface area contributed by atoms with E-state index >= 15 is 0 Å². The largest absolute Gasteiger partial charge is 0.195 e.